The molecule has 0 aromatic heterocycles. The van der Waals surface area contributed by atoms with Gasteiger partial charge in [-0.25, -0.2) is 13.6 Å². The molecule has 0 fully saturated rings. The van der Waals surface area contributed by atoms with Gasteiger partial charge in [0.1, 0.15) is 11.5 Å². The van der Waals surface area contributed by atoms with Crippen LogP contribution in [-0.4, -0.2) is 41.6 Å². The molecule has 5 nitrogen and oxygen atoms in total. The quantitative estimate of drug-likeness (QED) is 0.401. The number of benzene rings is 2. The molecule has 0 aliphatic rings. The fourth-order valence-electron chi connectivity index (χ4n) is 2.28. The maximum atomic E-state index is 13.2. The van der Waals surface area contributed by atoms with Crippen LogP contribution in [0.4, 0.5) is 18.9 Å². The number of halogens is 4. The highest BCUT2D eigenvalue weighted by Gasteiger charge is 2.44. The van der Waals surface area contributed by atoms with Crippen molar-refractivity contribution in [3.63, 3.8) is 0 Å². The molecule has 0 radical (unpaired) electrons. The SMILES string of the molecule is CCN(C)C=Nc1cc(C)c(Oc2cccc(S(=O)(=NC)C(F)(F)F)c2)cc1Cl. The Labute approximate surface area is 173 Å². The van der Waals surface area contributed by atoms with E-state index in [0.717, 1.165) is 25.7 Å². The summed E-state index contributed by atoms with van der Waals surface area (Å²) in [5, 5.41) is 0.324. The molecule has 2 aromatic carbocycles. The smallest absolute Gasteiger partial charge is 0.457 e. The molecule has 0 N–H and O–H groups in total. The van der Waals surface area contributed by atoms with E-state index in [9.17, 15) is 17.4 Å². The maximum Gasteiger partial charge on any atom is 0.483 e. The highest BCUT2D eigenvalue weighted by atomic mass is 35.5. The highest BCUT2D eigenvalue weighted by Crippen LogP contribution is 2.37. The van der Waals surface area contributed by atoms with Crippen LogP contribution >= 0.6 is 11.6 Å². The highest BCUT2D eigenvalue weighted by molar-refractivity contribution is 7.94. The van der Waals surface area contributed by atoms with Gasteiger partial charge in [0.25, 0.3) is 0 Å². The van der Waals surface area contributed by atoms with Crippen LogP contribution < -0.4 is 4.74 Å². The van der Waals surface area contributed by atoms with Gasteiger partial charge in [0.05, 0.1) is 21.9 Å². The van der Waals surface area contributed by atoms with Gasteiger partial charge in [-0.15, -0.1) is 0 Å². The second-order valence-corrected chi connectivity index (χ2v) is 8.88. The van der Waals surface area contributed by atoms with Gasteiger partial charge in [-0.2, -0.15) is 13.2 Å². The molecule has 10 heteroatoms. The first-order valence-electron chi connectivity index (χ1n) is 8.56. The summed E-state index contributed by atoms with van der Waals surface area (Å²) in [7, 11) is -1.84. The molecule has 0 aliphatic heterocycles. The third kappa shape index (κ3) is 5.22. The Morgan fingerprint density at radius 3 is 2.55 bits per heavy atom. The molecule has 1 atom stereocenters. The van der Waals surface area contributed by atoms with E-state index < -0.39 is 20.1 Å². The number of alkyl halides is 3. The van der Waals surface area contributed by atoms with Crippen molar-refractivity contribution in [2.45, 2.75) is 24.3 Å². The molecule has 0 aliphatic carbocycles. The summed E-state index contributed by atoms with van der Waals surface area (Å²) in [6, 6.07) is 8.22. The van der Waals surface area contributed by atoms with Crippen molar-refractivity contribution in [1.29, 1.82) is 0 Å². The van der Waals surface area contributed by atoms with E-state index in [4.69, 9.17) is 16.3 Å². The van der Waals surface area contributed by atoms with Gasteiger partial charge in [0, 0.05) is 26.7 Å². The lowest BCUT2D eigenvalue weighted by molar-refractivity contribution is -0.0403. The standard InChI is InChI=1S/C19H21ClF3N3O2S/c1-5-26(4)12-25-17-9-13(2)18(11-16(17)20)28-14-7-6-8-15(10-14)29(27,24-3)19(21,22)23/h6-12H,5H2,1-4H3. The van der Waals surface area contributed by atoms with E-state index in [1.807, 2.05) is 18.9 Å². The second-order valence-electron chi connectivity index (χ2n) is 6.12. The molecule has 0 saturated carbocycles. The first-order chi connectivity index (χ1) is 13.5. The number of hydrogen-bond acceptors (Lipinski definition) is 4. The lowest BCUT2D eigenvalue weighted by atomic mass is 10.2. The summed E-state index contributed by atoms with van der Waals surface area (Å²) in [6.45, 7) is 4.52. The van der Waals surface area contributed by atoms with Crippen LogP contribution in [0.2, 0.25) is 5.02 Å². The van der Waals surface area contributed by atoms with Gasteiger partial charge in [-0.1, -0.05) is 17.7 Å². The van der Waals surface area contributed by atoms with Crippen molar-refractivity contribution >= 4 is 33.4 Å². The minimum atomic E-state index is -5.00. The summed E-state index contributed by atoms with van der Waals surface area (Å²) in [5.74, 6) is 0.436. The summed E-state index contributed by atoms with van der Waals surface area (Å²) >= 11 is 6.26. The first-order valence-corrected chi connectivity index (χ1v) is 10.4. The fraction of sp³-hybridized carbons (Fsp3) is 0.316. The van der Waals surface area contributed by atoms with Crippen LogP contribution in [0.25, 0.3) is 0 Å². The Bertz CT molecular complexity index is 1030. The normalized spacial score (nSPS) is 13.9. The van der Waals surface area contributed by atoms with Gasteiger partial charge in [-0.3, -0.25) is 0 Å². The molecule has 0 spiro atoms. The third-order valence-electron chi connectivity index (χ3n) is 4.06. The minimum Gasteiger partial charge on any atom is -0.457 e. The molecule has 0 bridgehead atoms. The first kappa shape index (κ1) is 23.0. The van der Waals surface area contributed by atoms with Crippen LogP contribution in [0.3, 0.4) is 0 Å². The zero-order valence-electron chi connectivity index (χ0n) is 16.3. The monoisotopic (exact) mass is 447 g/mol. The largest absolute Gasteiger partial charge is 0.483 e. The second kappa shape index (κ2) is 9.04. The molecule has 158 valence electrons. The average Bonchev–Trinajstić information content (AvgIpc) is 2.67. The Morgan fingerprint density at radius 2 is 1.97 bits per heavy atom. The topological polar surface area (TPSA) is 54.3 Å². The van der Waals surface area contributed by atoms with E-state index in [2.05, 4.69) is 9.36 Å². The van der Waals surface area contributed by atoms with Crippen molar-refractivity contribution in [2.75, 3.05) is 20.6 Å². The minimum absolute atomic E-state index is 0.0873. The number of ether oxygens (including phenoxy) is 1. The van der Waals surface area contributed by atoms with Crippen LogP contribution in [0.1, 0.15) is 12.5 Å². The maximum absolute atomic E-state index is 13.2. The van der Waals surface area contributed by atoms with Crippen LogP contribution in [-0.2, 0) is 9.73 Å². The lowest BCUT2D eigenvalue weighted by Gasteiger charge is -2.15. The Balaban J connectivity index is 2.38. The third-order valence-corrected chi connectivity index (χ3v) is 6.40. The lowest BCUT2D eigenvalue weighted by Crippen LogP contribution is -2.23. The van der Waals surface area contributed by atoms with Gasteiger partial charge in [0.2, 0.25) is 0 Å². The Hall–Kier alpha value is -2.26. The number of rotatable bonds is 6. The van der Waals surface area contributed by atoms with E-state index in [-0.39, 0.29) is 5.75 Å². The average molecular weight is 448 g/mol. The molecule has 1 unspecified atom stereocenters. The van der Waals surface area contributed by atoms with Crippen molar-refractivity contribution in [2.24, 2.45) is 9.36 Å². The van der Waals surface area contributed by atoms with E-state index in [1.54, 1.807) is 19.3 Å². The van der Waals surface area contributed by atoms with Gasteiger partial charge in [0.15, 0.2) is 9.73 Å². The number of nitrogens with zero attached hydrogens (tertiary/aromatic N) is 3. The van der Waals surface area contributed by atoms with Crippen LogP contribution in [0.15, 0.2) is 50.6 Å². The molecule has 2 rings (SSSR count). The molecular weight excluding hydrogens is 427 g/mol. The summed E-state index contributed by atoms with van der Waals surface area (Å²) < 4.78 is 60.8. The molecule has 0 saturated heterocycles. The predicted octanol–water partition coefficient (Wildman–Crippen LogP) is 6.03. The molecule has 2 aromatic rings. The van der Waals surface area contributed by atoms with E-state index >= 15 is 0 Å². The fourth-order valence-corrected chi connectivity index (χ4v) is 3.71. The molecule has 0 heterocycles. The van der Waals surface area contributed by atoms with Crippen LogP contribution in [0.5, 0.6) is 11.5 Å². The summed E-state index contributed by atoms with van der Waals surface area (Å²) in [5.41, 5.74) is -3.77. The molecule has 0 amide bonds. The number of aryl methyl sites for hydroxylation is 1. The number of hydrogen-bond donors (Lipinski definition) is 0. The van der Waals surface area contributed by atoms with Crippen molar-refractivity contribution in [1.82, 2.24) is 4.90 Å². The molecule has 29 heavy (non-hydrogen) atoms. The number of aliphatic imine (C=N–C) groups is 1. The summed E-state index contributed by atoms with van der Waals surface area (Å²) in [6.07, 6.45) is 1.65. The predicted molar refractivity (Wildman–Crippen MR) is 110 cm³/mol. The van der Waals surface area contributed by atoms with Crippen molar-refractivity contribution in [3.05, 3.63) is 47.0 Å². The van der Waals surface area contributed by atoms with Crippen molar-refractivity contribution in [3.8, 4) is 11.5 Å². The Kier molecular flexibility index (Phi) is 7.18. The zero-order valence-corrected chi connectivity index (χ0v) is 17.9. The zero-order chi connectivity index (χ0) is 21.8. The van der Waals surface area contributed by atoms with E-state index in [1.165, 1.54) is 18.2 Å². The van der Waals surface area contributed by atoms with Gasteiger partial charge in [-0.05, 0) is 43.7 Å². The van der Waals surface area contributed by atoms with E-state index in [0.29, 0.717) is 22.0 Å². The Morgan fingerprint density at radius 1 is 1.28 bits per heavy atom. The van der Waals surface area contributed by atoms with Crippen LogP contribution in [0, 0.1) is 6.92 Å². The molecular formula is C19H21ClF3N3O2S. The van der Waals surface area contributed by atoms with Gasteiger partial charge >= 0.3 is 5.51 Å². The van der Waals surface area contributed by atoms with Gasteiger partial charge < -0.3 is 9.64 Å². The van der Waals surface area contributed by atoms with Crippen molar-refractivity contribution < 1.29 is 22.1 Å². The summed E-state index contributed by atoms with van der Waals surface area (Å²) in [4.78, 5) is 5.71.